The fourth-order valence-corrected chi connectivity index (χ4v) is 5.51. The quantitative estimate of drug-likeness (QED) is 0.657. The number of hydrogen-bond acceptors (Lipinski definition) is 4. The minimum atomic E-state index is -3.71. The zero-order valence-corrected chi connectivity index (χ0v) is 17.6. The molecule has 30 heavy (non-hydrogen) atoms. The highest BCUT2D eigenvalue weighted by molar-refractivity contribution is 7.89. The third kappa shape index (κ3) is 3.91. The van der Waals surface area contributed by atoms with E-state index >= 15 is 0 Å². The van der Waals surface area contributed by atoms with E-state index in [-0.39, 0.29) is 22.1 Å². The molecule has 1 fully saturated rings. The van der Waals surface area contributed by atoms with Gasteiger partial charge in [-0.05, 0) is 47.4 Å². The Labute approximate surface area is 176 Å². The molecular weight excluding hydrogens is 400 g/mol. The summed E-state index contributed by atoms with van der Waals surface area (Å²) in [6, 6.07) is 18.5. The highest BCUT2D eigenvalue weighted by Gasteiger charge is 2.30. The van der Waals surface area contributed by atoms with Crippen molar-refractivity contribution in [3.8, 4) is 5.75 Å². The molecule has 1 aliphatic rings. The van der Waals surface area contributed by atoms with Crippen LogP contribution >= 0.6 is 0 Å². The fourth-order valence-electron chi connectivity index (χ4n) is 3.81. The van der Waals surface area contributed by atoms with Crippen LogP contribution in [0.3, 0.4) is 0 Å². The predicted octanol–water partition coefficient (Wildman–Crippen LogP) is 3.56. The van der Waals surface area contributed by atoms with Gasteiger partial charge < -0.3 is 10.1 Å². The number of nitrogens with zero attached hydrogens (tertiary/aromatic N) is 1. The zero-order valence-electron chi connectivity index (χ0n) is 16.8. The van der Waals surface area contributed by atoms with E-state index in [0.29, 0.717) is 19.6 Å². The molecule has 0 spiro atoms. The molecule has 3 aromatic rings. The zero-order chi connectivity index (χ0) is 21.1. The van der Waals surface area contributed by atoms with Crippen molar-refractivity contribution in [1.29, 1.82) is 0 Å². The van der Waals surface area contributed by atoms with E-state index in [0.717, 1.165) is 29.2 Å². The van der Waals surface area contributed by atoms with Crippen LogP contribution in [0.2, 0.25) is 0 Å². The number of carbonyl (C=O) groups excluding carboxylic acids is 1. The Morgan fingerprint density at radius 1 is 1.03 bits per heavy atom. The maximum atomic E-state index is 13.0. The van der Waals surface area contributed by atoms with Gasteiger partial charge in [0.2, 0.25) is 10.0 Å². The van der Waals surface area contributed by atoms with Crippen LogP contribution < -0.4 is 10.1 Å². The average molecular weight is 425 g/mol. The summed E-state index contributed by atoms with van der Waals surface area (Å²) >= 11 is 0. The molecule has 0 aliphatic carbocycles. The number of methoxy groups -OCH3 is 1. The van der Waals surface area contributed by atoms with Gasteiger partial charge in [0.1, 0.15) is 10.6 Å². The predicted molar refractivity (Wildman–Crippen MR) is 116 cm³/mol. The molecule has 0 bridgehead atoms. The van der Waals surface area contributed by atoms with Gasteiger partial charge >= 0.3 is 0 Å². The molecule has 0 unspecified atom stereocenters. The van der Waals surface area contributed by atoms with Gasteiger partial charge in [0.15, 0.2) is 0 Å². The van der Waals surface area contributed by atoms with E-state index in [9.17, 15) is 13.2 Å². The molecule has 7 heteroatoms. The second-order valence-corrected chi connectivity index (χ2v) is 9.20. The molecule has 4 rings (SSSR count). The molecule has 0 atom stereocenters. The normalized spacial score (nSPS) is 14.7. The van der Waals surface area contributed by atoms with Crippen LogP contribution in [0.5, 0.6) is 5.75 Å². The lowest BCUT2D eigenvalue weighted by Crippen LogP contribution is -2.29. The number of carbonyl (C=O) groups is 1. The van der Waals surface area contributed by atoms with Crippen molar-refractivity contribution >= 4 is 26.7 Å². The van der Waals surface area contributed by atoms with Crippen LogP contribution in [0.4, 0.5) is 0 Å². The second-order valence-electron chi connectivity index (χ2n) is 7.30. The third-order valence-electron chi connectivity index (χ3n) is 5.43. The Hall–Kier alpha value is -2.90. The Bertz CT molecular complexity index is 1180. The standard InChI is InChI=1S/C23H24N2O4S/c1-29-21-12-11-18(15-22(21)30(27,28)25-13-4-5-14-25)23(26)24-16-19-9-6-8-17-7-2-3-10-20(17)19/h2-3,6-12,15H,4-5,13-14,16H2,1H3,(H,24,26). The molecule has 0 radical (unpaired) electrons. The summed E-state index contributed by atoms with van der Waals surface area (Å²) in [5.74, 6) is -0.0871. The Kier molecular flexibility index (Phi) is 5.74. The van der Waals surface area contributed by atoms with E-state index < -0.39 is 10.0 Å². The highest BCUT2D eigenvalue weighted by atomic mass is 32.2. The van der Waals surface area contributed by atoms with Gasteiger partial charge in [-0.3, -0.25) is 4.79 Å². The van der Waals surface area contributed by atoms with Crippen LogP contribution in [-0.4, -0.2) is 38.8 Å². The first kappa shape index (κ1) is 20.4. The summed E-state index contributed by atoms with van der Waals surface area (Å²) in [6.45, 7) is 1.33. The van der Waals surface area contributed by atoms with Gasteiger partial charge in [-0.25, -0.2) is 8.42 Å². The van der Waals surface area contributed by atoms with Crippen molar-refractivity contribution in [2.45, 2.75) is 24.3 Å². The third-order valence-corrected chi connectivity index (χ3v) is 7.35. The minimum Gasteiger partial charge on any atom is -0.495 e. The van der Waals surface area contributed by atoms with Gasteiger partial charge in [0, 0.05) is 25.2 Å². The monoisotopic (exact) mass is 424 g/mol. The smallest absolute Gasteiger partial charge is 0.251 e. The minimum absolute atomic E-state index is 0.0321. The Morgan fingerprint density at radius 3 is 2.53 bits per heavy atom. The molecule has 1 saturated heterocycles. The molecule has 6 nitrogen and oxygen atoms in total. The Balaban J connectivity index is 1.58. The molecule has 1 aliphatic heterocycles. The molecular formula is C23H24N2O4S. The largest absolute Gasteiger partial charge is 0.495 e. The van der Waals surface area contributed by atoms with Crippen molar-refractivity contribution in [2.24, 2.45) is 0 Å². The summed E-state index contributed by atoms with van der Waals surface area (Å²) in [6.07, 6.45) is 1.68. The molecule has 3 aromatic carbocycles. The number of ether oxygens (including phenoxy) is 1. The lowest BCUT2D eigenvalue weighted by atomic mass is 10.0. The maximum Gasteiger partial charge on any atom is 0.251 e. The molecule has 1 N–H and O–H groups in total. The number of rotatable bonds is 6. The molecule has 156 valence electrons. The summed E-state index contributed by atoms with van der Waals surface area (Å²) in [5.41, 5.74) is 1.29. The highest BCUT2D eigenvalue weighted by Crippen LogP contribution is 2.30. The molecule has 0 aromatic heterocycles. The van der Waals surface area contributed by atoms with Gasteiger partial charge in [-0.15, -0.1) is 0 Å². The van der Waals surface area contributed by atoms with Gasteiger partial charge in [-0.1, -0.05) is 42.5 Å². The van der Waals surface area contributed by atoms with Gasteiger partial charge in [-0.2, -0.15) is 4.31 Å². The van der Waals surface area contributed by atoms with Crippen LogP contribution in [0, 0.1) is 0 Å². The van der Waals surface area contributed by atoms with Crippen LogP contribution in [0.25, 0.3) is 10.8 Å². The van der Waals surface area contributed by atoms with Crippen molar-refractivity contribution < 1.29 is 17.9 Å². The second kappa shape index (κ2) is 8.45. The number of benzene rings is 3. The average Bonchev–Trinajstić information content (AvgIpc) is 3.33. The summed E-state index contributed by atoms with van der Waals surface area (Å²) in [4.78, 5) is 12.8. The van der Waals surface area contributed by atoms with E-state index in [1.165, 1.54) is 23.5 Å². The topological polar surface area (TPSA) is 75.7 Å². The van der Waals surface area contributed by atoms with Crippen molar-refractivity contribution in [1.82, 2.24) is 9.62 Å². The molecule has 1 amide bonds. The first-order valence-electron chi connectivity index (χ1n) is 9.94. The van der Waals surface area contributed by atoms with Crippen LogP contribution in [-0.2, 0) is 16.6 Å². The van der Waals surface area contributed by atoms with E-state index in [1.54, 1.807) is 6.07 Å². The number of nitrogens with one attached hydrogen (secondary N) is 1. The Morgan fingerprint density at radius 2 is 1.77 bits per heavy atom. The molecule has 1 heterocycles. The number of hydrogen-bond donors (Lipinski definition) is 1. The van der Waals surface area contributed by atoms with Crippen LogP contribution in [0.15, 0.2) is 65.6 Å². The van der Waals surface area contributed by atoms with Gasteiger partial charge in [0.25, 0.3) is 5.91 Å². The van der Waals surface area contributed by atoms with Crippen molar-refractivity contribution in [3.05, 3.63) is 71.8 Å². The fraction of sp³-hybridized carbons (Fsp3) is 0.261. The van der Waals surface area contributed by atoms with E-state index in [1.807, 2.05) is 42.5 Å². The maximum absolute atomic E-state index is 13.0. The number of sulfonamides is 1. The first-order chi connectivity index (χ1) is 14.5. The lowest BCUT2D eigenvalue weighted by Gasteiger charge is -2.18. The van der Waals surface area contributed by atoms with Gasteiger partial charge in [0.05, 0.1) is 7.11 Å². The van der Waals surface area contributed by atoms with Crippen molar-refractivity contribution in [3.63, 3.8) is 0 Å². The summed E-state index contributed by atoms with van der Waals surface area (Å²) < 4.78 is 32.8. The van der Waals surface area contributed by atoms with Crippen molar-refractivity contribution in [2.75, 3.05) is 20.2 Å². The SMILES string of the molecule is COc1ccc(C(=O)NCc2cccc3ccccc23)cc1S(=O)(=O)N1CCCC1. The summed E-state index contributed by atoms with van der Waals surface area (Å²) in [7, 11) is -2.28. The van der Waals surface area contributed by atoms with E-state index in [2.05, 4.69) is 5.32 Å². The number of amides is 1. The van der Waals surface area contributed by atoms with E-state index in [4.69, 9.17) is 4.74 Å². The lowest BCUT2D eigenvalue weighted by molar-refractivity contribution is 0.0951. The first-order valence-corrected chi connectivity index (χ1v) is 11.4. The molecule has 0 saturated carbocycles. The summed E-state index contributed by atoms with van der Waals surface area (Å²) in [5, 5.41) is 5.09. The number of fused-ring (bicyclic) bond motifs is 1. The van der Waals surface area contributed by atoms with Crippen LogP contribution in [0.1, 0.15) is 28.8 Å².